The van der Waals surface area contributed by atoms with Gasteiger partial charge in [0, 0.05) is 0 Å². The number of aliphatic imine (C=N–C) groups is 2. The average molecular weight is 491 g/mol. The van der Waals surface area contributed by atoms with Crippen LogP contribution in [0.2, 0.25) is 0 Å². The molecule has 9 heteroatoms. The molecule has 0 amide bonds. The number of ether oxygens (including phenoxy) is 2. The Labute approximate surface area is 194 Å². The fourth-order valence-electron chi connectivity index (χ4n) is 3.37. The van der Waals surface area contributed by atoms with E-state index in [0.29, 0.717) is 11.8 Å². The van der Waals surface area contributed by atoms with Crippen LogP contribution < -0.4 is 0 Å². The summed E-state index contributed by atoms with van der Waals surface area (Å²) in [5.41, 5.74) is 1.29. The number of aliphatic hydroxyl groups excluding tert-OH is 2. The first-order chi connectivity index (χ1) is 14.3. The van der Waals surface area contributed by atoms with Gasteiger partial charge in [-0.1, -0.05) is 36.4 Å². The average Bonchev–Trinajstić information content (AvgIpc) is 3.39. The second-order valence-corrected chi connectivity index (χ2v) is 10.2. The van der Waals surface area contributed by atoms with Crippen molar-refractivity contribution in [2.75, 3.05) is 13.2 Å². The Kier molecular flexibility index (Phi) is 9.86. The molecule has 0 saturated carbocycles. The summed E-state index contributed by atoms with van der Waals surface area (Å²) < 4.78 is 12.3. The molecule has 164 valence electrons. The number of hydrogen-bond acceptors (Lipinski definition) is 6. The van der Waals surface area contributed by atoms with Crippen molar-refractivity contribution in [1.82, 2.24) is 0 Å². The molecule has 0 fully saturated rings. The molecule has 2 aliphatic rings. The number of allylic oxidation sites excluding steroid dienone is 1. The minimum absolute atomic E-state index is 0.0886. The SMILES string of the molecule is C/C=C(\C)C1OC(C(C)(C)C2=NC(CO)C(c3ccccc3)O2)=NC1CO.[Cl][Ti][Cl]. The van der Waals surface area contributed by atoms with Crippen LogP contribution in [0.25, 0.3) is 0 Å². The van der Waals surface area contributed by atoms with Crippen LogP contribution in [0.4, 0.5) is 0 Å². The first kappa shape index (κ1) is 25.4. The Balaban J connectivity index is 0.00000101. The predicted molar refractivity (Wildman–Crippen MR) is 117 cm³/mol. The van der Waals surface area contributed by atoms with Crippen molar-refractivity contribution in [2.45, 2.75) is 52.0 Å². The number of halogens is 2. The van der Waals surface area contributed by atoms with E-state index in [9.17, 15) is 10.2 Å². The molecule has 0 radical (unpaired) electrons. The van der Waals surface area contributed by atoms with Crippen LogP contribution in [-0.4, -0.2) is 53.4 Å². The maximum absolute atomic E-state index is 9.78. The van der Waals surface area contributed by atoms with E-state index < -0.39 is 22.4 Å². The molecular weight excluding hydrogens is 463 g/mol. The molecule has 3 rings (SSSR count). The van der Waals surface area contributed by atoms with Gasteiger partial charge >= 0.3 is 35.6 Å². The van der Waals surface area contributed by atoms with Crippen molar-refractivity contribution in [3.8, 4) is 0 Å². The van der Waals surface area contributed by atoms with Crippen molar-refractivity contribution >= 4 is 30.4 Å². The summed E-state index contributed by atoms with van der Waals surface area (Å²) in [6.07, 6.45) is 1.35. The van der Waals surface area contributed by atoms with Crippen LogP contribution in [0.5, 0.6) is 0 Å². The van der Waals surface area contributed by atoms with E-state index in [1.807, 2.05) is 64.1 Å². The molecule has 6 nitrogen and oxygen atoms in total. The zero-order valence-corrected chi connectivity index (χ0v) is 20.6. The van der Waals surface area contributed by atoms with E-state index in [1.165, 1.54) is 0 Å². The monoisotopic (exact) mass is 490 g/mol. The van der Waals surface area contributed by atoms with E-state index >= 15 is 0 Å². The van der Waals surface area contributed by atoms with Gasteiger partial charge in [-0.25, -0.2) is 9.98 Å². The molecule has 0 aromatic heterocycles. The first-order valence-corrected chi connectivity index (χ1v) is 14.0. The number of nitrogens with zero attached hydrogens (tertiary/aromatic N) is 2. The number of aliphatic hydroxyl groups is 2. The van der Waals surface area contributed by atoms with E-state index in [2.05, 4.69) is 9.98 Å². The third-order valence-corrected chi connectivity index (χ3v) is 5.22. The van der Waals surface area contributed by atoms with E-state index in [1.54, 1.807) is 0 Å². The second-order valence-electron chi connectivity index (χ2n) is 7.59. The Morgan fingerprint density at radius 1 is 1.07 bits per heavy atom. The van der Waals surface area contributed by atoms with Crippen LogP contribution in [0.15, 0.2) is 52.0 Å². The Hall–Kier alpha value is -0.886. The molecule has 2 aliphatic heterocycles. The summed E-state index contributed by atoms with van der Waals surface area (Å²) >= 11 is -0.556. The quantitative estimate of drug-likeness (QED) is 0.465. The molecule has 30 heavy (non-hydrogen) atoms. The Morgan fingerprint density at radius 2 is 1.60 bits per heavy atom. The molecule has 1 aromatic rings. The Bertz CT molecular complexity index is 786. The maximum atomic E-state index is 9.78. The van der Waals surface area contributed by atoms with Crippen molar-refractivity contribution in [3.05, 3.63) is 47.5 Å². The third-order valence-electron chi connectivity index (χ3n) is 5.22. The van der Waals surface area contributed by atoms with Crippen LogP contribution in [0.1, 0.15) is 39.4 Å². The summed E-state index contributed by atoms with van der Waals surface area (Å²) in [5, 5.41) is 19.5. The molecule has 0 spiro atoms. The van der Waals surface area contributed by atoms with Crippen molar-refractivity contribution < 1.29 is 36.7 Å². The fourth-order valence-corrected chi connectivity index (χ4v) is 3.37. The van der Waals surface area contributed by atoms with Gasteiger partial charge in [0.05, 0.1) is 13.2 Å². The molecular formula is C21H28Cl2N2O4Ti. The third kappa shape index (κ3) is 5.67. The van der Waals surface area contributed by atoms with E-state index in [0.717, 1.165) is 11.1 Å². The number of benzene rings is 1. The van der Waals surface area contributed by atoms with E-state index in [4.69, 9.17) is 28.1 Å². The van der Waals surface area contributed by atoms with Gasteiger partial charge in [-0.15, -0.1) is 0 Å². The van der Waals surface area contributed by atoms with Crippen LogP contribution in [0, 0.1) is 5.41 Å². The zero-order chi connectivity index (χ0) is 22.3. The van der Waals surface area contributed by atoms with Gasteiger partial charge in [-0.05, 0) is 38.8 Å². The predicted octanol–water partition coefficient (Wildman–Crippen LogP) is 4.04. The topological polar surface area (TPSA) is 83.6 Å². The summed E-state index contributed by atoms with van der Waals surface area (Å²) in [6, 6.07) is 9.05. The first-order valence-electron chi connectivity index (χ1n) is 9.69. The number of rotatable bonds is 6. The standard InChI is InChI=1S/C21H28N2O4.2ClH.Ti/c1-5-13(2)17-15(11-24)22-19(26-17)21(3,4)20-23-16(12-25)18(27-20)14-9-7-6-8-10-14;;;/h5-10,15-18,24-25H,11-12H2,1-4H3;2*1H;/q;;;+2/p-2/b13-5+;;;. The Morgan fingerprint density at radius 3 is 2.13 bits per heavy atom. The van der Waals surface area contributed by atoms with Gasteiger partial charge < -0.3 is 19.7 Å². The van der Waals surface area contributed by atoms with Gasteiger partial charge in [-0.3, -0.25) is 0 Å². The van der Waals surface area contributed by atoms with Crippen molar-refractivity contribution in [3.63, 3.8) is 0 Å². The second kappa shape index (κ2) is 11.7. The zero-order valence-electron chi connectivity index (χ0n) is 17.5. The molecule has 2 heterocycles. The summed E-state index contributed by atoms with van der Waals surface area (Å²) in [4.78, 5) is 9.23. The molecule has 0 aliphatic carbocycles. The van der Waals surface area contributed by atoms with Crippen LogP contribution >= 0.6 is 18.6 Å². The molecule has 0 bridgehead atoms. The van der Waals surface area contributed by atoms with Gasteiger partial charge in [0.2, 0.25) is 0 Å². The van der Waals surface area contributed by atoms with E-state index in [-0.39, 0.29) is 37.5 Å². The van der Waals surface area contributed by atoms with Crippen LogP contribution in [0.3, 0.4) is 0 Å². The molecule has 4 atom stereocenters. The minimum atomic E-state index is -0.701. The molecule has 4 unspecified atom stereocenters. The van der Waals surface area contributed by atoms with Gasteiger partial charge in [0.25, 0.3) is 0 Å². The van der Waals surface area contributed by atoms with Gasteiger partial charge in [0.1, 0.15) is 29.7 Å². The summed E-state index contributed by atoms with van der Waals surface area (Å²) in [7, 11) is 9.78. The van der Waals surface area contributed by atoms with Crippen LogP contribution in [-0.2, 0) is 26.5 Å². The summed E-state index contributed by atoms with van der Waals surface area (Å²) in [5.74, 6) is 0.988. The number of hydrogen-bond donors (Lipinski definition) is 2. The van der Waals surface area contributed by atoms with Gasteiger partial charge in [-0.2, -0.15) is 0 Å². The van der Waals surface area contributed by atoms with Crippen molar-refractivity contribution in [2.24, 2.45) is 15.4 Å². The van der Waals surface area contributed by atoms with Gasteiger partial charge in [0.15, 0.2) is 11.8 Å². The fraction of sp³-hybridized carbons (Fsp3) is 0.524. The van der Waals surface area contributed by atoms with Crippen molar-refractivity contribution in [1.29, 1.82) is 0 Å². The molecule has 1 aromatic carbocycles. The molecule has 0 saturated heterocycles. The normalized spacial score (nSPS) is 26.1. The molecule has 2 N–H and O–H groups in total. The summed E-state index contributed by atoms with van der Waals surface area (Å²) in [6.45, 7) is 7.59.